The average molecular weight is 194 g/mol. The molecule has 14 heavy (non-hydrogen) atoms. The molecule has 4 heteroatoms. The van der Waals surface area contributed by atoms with Gasteiger partial charge >= 0.3 is 0 Å². The van der Waals surface area contributed by atoms with Gasteiger partial charge in [0.1, 0.15) is 6.10 Å². The Labute approximate surface area is 81.6 Å². The van der Waals surface area contributed by atoms with Gasteiger partial charge in [-0.15, -0.1) is 0 Å². The lowest BCUT2D eigenvalue weighted by Crippen LogP contribution is -2.04. The molecule has 0 radical (unpaired) electrons. The van der Waals surface area contributed by atoms with Gasteiger partial charge in [-0.05, 0) is 19.9 Å². The second-order valence-electron chi connectivity index (χ2n) is 3.49. The molecular formula is C10H11FN2O. The topological polar surface area (TPSA) is 34.5 Å². The van der Waals surface area contributed by atoms with E-state index >= 15 is 0 Å². The van der Waals surface area contributed by atoms with E-state index in [0.717, 1.165) is 17.7 Å². The first-order valence-corrected chi connectivity index (χ1v) is 4.52. The third-order valence-corrected chi connectivity index (χ3v) is 2.17. The highest BCUT2D eigenvalue weighted by Crippen LogP contribution is 2.16. The minimum atomic E-state index is -0.429. The van der Waals surface area contributed by atoms with Gasteiger partial charge in [0.25, 0.3) is 0 Å². The highest BCUT2D eigenvalue weighted by atomic mass is 19.1. The van der Waals surface area contributed by atoms with E-state index in [4.69, 9.17) is 4.84 Å². The number of hydrogen-bond acceptors (Lipinski definition) is 3. The Morgan fingerprint density at radius 1 is 1.57 bits per heavy atom. The number of aromatic nitrogens is 1. The molecule has 1 unspecified atom stereocenters. The largest absolute Gasteiger partial charge is 0.392 e. The summed E-state index contributed by atoms with van der Waals surface area (Å²) in [6.45, 7) is 3.63. The van der Waals surface area contributed by atoms with Crippen LogP contribution in [0.2, 0.25) is 0 Å². The lowest BCUT2D eigenvalue weighted by atomic mass is 10.1. The molecule has 2 heterocycles. The highest BCUT2D eigenvalue weighted by molar-refractivity contribution is 6.01. The molecule has 3 nitrogen and oxygen atoms in total. The molecule has 0 bridgehead atoms. The third-order valence-electron chi connectivity index (χ3n) is 2.17. The van der Waals surface area contributed by atoms with E-state index < -0.39 is 5.95 Å². The first kappa shape index (κ1) is 9.12. The van der Waals surface area contributed by atoms with Gasteiger partial charge in [0.15, 0.2) is 0 Å². The first-order chi connectivity index (χ1) is 6.66. The number of hydrogen-bond donors (Lipinski definition) is 0. The molecule has 0 fully saturated rings. The second-order valence-corrected chi connectivity index (χ2v) is 3.49. The molecule has 0 aliphatic carbocycles. The summed E-state index contributed by atoms with van der Waals surface area (Å²) in [7, 11) is 0. The first-order valence-electron chi connectivity index (χ1n) is 4.52. The molecule has 74 valence electrons. The molecule has 0 N–H and O–H groups in total. The number of oxime groups is 1. The smallest absolute Gasteiger partial charge is 0.215 e. The van der Waals surface area contributed by atoms with Gasteiger partial charge < -0.3 is 4.84 Å². The number of aryl methyl sites for hydroxylation is 1. The summed E-state index contributed by atoms with van der Waals surface area (Å²) < 4.78 is 12.9. The van der Waals surface area contributed by atoms with Crippen molar-refractivity contribution in [2.75, 3.05) is 0 Å². The van der Waals surface area contributed by atoms with E-state index in [-0.39, 0.29) is 6.10 Å². The minimum Gasteiger partial charge on any atom is -0.392 e. The predicted molar refractivity (Wildman–Crippen MR) is 50.6 cm³/mol. The van der Waals surface area contributed by atoms with Crippen molar-refractivity contribution >= 4 is 5.71 Å². The van der Waals surface area contributed by atoms with Crippen molar-refractivity contribution in [3.8, 4) is 0 Å². The predicted octanol–water partition coefficient (Wildman–Crippen LogP) is 2.04. The van der Waals surface area contributed by atoms with E-state index in [9.17, 15) is 4.39 Å². The molecule has 0 amide bonds. The summed E-state index contributed by atoms with van der Waals surface area (Å²) in [6, 6.07) is 1.74. The third kappa shape index (κ3) is 1.60. The minimum absolute atomic E-state index is 0.107. The van der Waals surface area contributed by atoms with Crippen molar-refractivity contribution in [3.05, 3.63) is 29.3 Å². The van der Waals surface area contributed by atoms with Crippen LogP contribution in [-0.4, -0.2) is 16.8 Å². The van der Waals surface area contributed by atoms with Crippen LogP contribution in [-0.2, 0) is 4.84 Å². The van der Waals surface area contributed by atoms with Gasteiger partial charge in [-0.25, -0.2) is 4.98 Å². The summed E-state index contributed by atoms with van der Waals surface area (Å²) in [6.07, 6.45) is 2.35. The van der Waals surface area contributed by atoms with Gasteiger partial charge in [-0.2, -0.15) is 4.39 Å². The fraction of sp³-hybridized carbons (Fsp3) is 0.400. The second kappa shape index (κ2) is 3.36. The van der Waals surface area contributed by atoms with Crippen molar-refractivity contribution in [1.82, 2.24) is 4.98 Å². The maximum atomic E-state index is 12.9. The molecule has 1 atom stereocenters. The van der Waals surface area contributed by atoms with Crippen molar-refractivity contribution in [1.29, 1.82) is 0 Å². The standard InChI is InChI=1S/C10H11FN2O/c1-6-3-8(5-12-10(6)11)9-4-7(2)14-13-9/h3,5,7H,4H2,1-2H3. The molecule has 0 saturated carbocycles. The summed E-state index contributed by atoms with van der Waals surface area (Å²) in [4.78, 5) is 8.70. The molecular weight excluding hydrogens is 183 g/mol. The van der Waals surface area contributed by atoms with Crippen LogP contribution in [0.5, 0.6) is 0 Å². The van der Waals surface area contributed by atoms with E-state index in [1.807, 2.05) is 6.92 Å². The number of pyridine rings is 1. The van der Waals surface area contributed by atoms with Crippen LogP contribution in [0.25, 0.3) is 0 Å². The van der Waals surface area contributed by atoms with Crippen molar-refractivity contribution in [2.45, 2.75) is 26.4 Å². The lowest BCUT2D eigenvalue weighted by molar-refractivity contribution is 0.0995. The van der Waals surface area contributed by atoms with Gasteiger partial charge in [-0.1, -0.05) is 5.16 Å². The van der Waals surface area contributed by atoms with E-state index in [0.29, 0.717) is 5.56 Å². The Balaban J connectivity index is 2.30. The van der Waals surface area contributed by atoms with Crippen LogP contribution in [0.4, 0.5) is 4.39 Å². The zero-order valence-electron chi connectivity index (χ0n) is 8.12. The zero-order valence-corrected chi connectivity index (χ0v) is 8.12. The van der Waals surface area contributed by atoms with Crippen molar-refractivity contribution < 1.29 is 9.23 Å². The van der Waals surface area contributed by atoms with Gasteiger partial charge in [0.2, 0.25) is 5.95 Å². The van der Waals surface area contributed by atoms with E-state index in [1.54, 1.807) is 13.0 Å². The Bertz CT molecular complexity index is 390. The summed E-state index contributed by atoms with van der Waals surface area (Å²) in [5.74, 6) is -0.429. The fourth-order valence-electron chi connectivity index (χ4n) is 1.39. The molecule has 0 spiro atoms. The normalized spacial score (nSPS) is 20.5. The average Bonchev–Trinajstić information content (AvgIpc) is 2.57. The molecule has 1 aromatic rings. The Hall–Kier alpha value is -1.45. The van der Waals surface area contributed by atoms with Crippen LogP contribution < -0.4 is 0 Å². The quantitative estimate of drug-likeness (QED) is 0.641. The highest BCUT2D eigenvalue weighted by Gasteiger charge is 2.18. The maximum Gasteiger partial charge on any atom is 0.215 e. The summed E-state index contributed by atoms with van der Waals surface area (Å²) in [5.41, 5.74) is 2.21. The number of nitrogens with zero attached hydrogens (tertiary/aromatic N) is 2. The van der Waals surface area contributed by atoms with Crippen molar-refractivity contribution in [2.24, 2.45) is 5.16 Å². The van der Waals surface area contributed by atoms with Crippen molar-refractivity contribution in [3.63, 3.8) is 0 Å². The summed E-state index contributed by atoms with van der Waals surface area (Å²) in [5, 5.41) is 3.91. The van der Waals surface area contributed by atoms with Gasteiger partial charge in [-0.3, -0.25) is 0 Å². The molecule has 2 rings (SSSR count). The van der Waals surface area contributed by atoms with Crippen LogP contribution in [0.15, 0.2) is 17.4 Å². The van der Waals surface area contributed by atoms with E-state index in [1.165, 1.54) is 6.20 Å². The molecule has 1 aromatic heterocycles. The maximum absolute atomic E-state index is 12.9. The SMILES string of the molecule is Cc1cc(C2=NOC(C)C2)cnc1F. The summed E-state index contributed by atoms with van der Waals surface area (Å²) >= 11 is 0. The van der Waals surface area contributed by atoms with Gasteiger partial charge in [0.05, 0.1) is 5.71 Å². The van der Waals surface area contributed by atoms with Crippen LogP contribution >= 0.6 is 0 Å². The Morgan fingerprint density at radius 2 is 2.36 bits per heavy atom. The lowest BCUT2D eigenvalue weighted by Gasteiger charge is -2.00. The molecule has 1 aliphatic rings. The molecule has 0 aromatic carbocycles. The fourth-order valence-corrected chi connectivity index (χ4v) is 1.39. The van der Waals surface area contributed by atoms with Crippen LogP contribution in [0, 0.1) is 12.9 Å². The molecule has 1 aliphatic heterocycles. The Kier molecular flexibility index (Phi) is 2.19. The van der Waals surface area contributed by atoms with Crippen LogP contribution in [0.1, 0.15) is 24.5 Å². The van der Waals surface area contributed by atoms with E-state index in [2.05, 4.69) is 10.1 Å². The van der Waals surface area contributed by atoms with Crippen LogP contribution in [0.3, 0.4) is 0 Å². The molecule has 0 saturated heterocycles. The van der Waals surface area contributed by atoms with Gasteiger partial charge in [0, 0.05) is 23.7 Å². The number of halogens is 1. The number of rotatable bonds is 1. The zero-order chi connectivity index (χ0) is 10.1. The Morgan fingerprint density at radius 3 is 2.93 bits per heavy atom. The monoisotopic (exact) mass is 194 g/mol.